The number of pyridine rings is 1. The molecule has 1 heterocycles. The summed E-state index contributed by atoms with van der Waals surface area (Å²) in [7, 11) is 0. The molecule has 0 saturated heterocycles. The second-order valence-electron chi connectivity index (χ2n) is 3.11. The van der Waals surface area contributed by atoms with E-state index in [1.807, 2.05) is 0 Å². The van der Waals surface area contributed by atoms with Crippen molar-refractivity contribution in [3.63, 3.8) is 0 Å². The monoisotopic (exact) mass is 149 g/mol. The van der Waals surface area contributed by atoms with Crippen molar-refractivity contribution >= 4 is 0 Å². The smallest absolute Gasteiger partial charge is 0.181 e. The number of hydrogen-bond acceptors (Lipinski definition) is 1. The van der Waals surface area contributed by atoms with Crippen molar-refractivity contribution < 1.29 is 0 Å². The number of hydrogen-bond donors (Lipinski definition) is 1. The van der Waals surface area contributed by atoms with Crippen LogP contribution in [0.3, 0.4) is 0 Å². The molecule has 1 saturated carbocycles. The maximum absolute atomic E-state index is 10.9. The minimum Gasteiger partial charge on any atom is -0.365 e. The quantitative estimate of drug-likeness (QED) is 0.647. The summed E-state index contributed by atoms with van der Waals surface area (Å²) < 4.78 is 0. The van der Waals surface area contributed by atoms with E-state index in [4.69, 9.17) is 0 Å². The van der Waals surface area contributed by atoms with E-state index in [1.165, 1.54) is 19.3 Å². The third-order valence-corrected chi connectivity index (χ3v) is 2.34. The molecule has 1 aromatic rings. The molecule has 2 nitrogen and oxygen atoms in total. The predicted octanol–water partition coefficient (Wildman–Crippen LogP) is 1.64. The Morgan fingerprint density at radius 2 is 2.27 bits per heavy atom. The van der Waals surface area contributed by atoms with E-state index in [0.29, 0.717) is 5.92 Å². The molecule has 1 fully saturated rings. The summed E-state index contributed by atoms with van der Waals surface area (Å²) in [4.78, 5) is 14.0. The highest BCUT2D eigenvalue weighted by Crippen LogP contribution is 2.34. The van der Waals surface area contributed by atoms with Crippen LogP contribution >= 0.6 is 0 Å². The number of rotatable bonds is 1. The van der Waals surface area contributed by atoms with Crippen LogP contribution in [0.15, 0.2) is 23.1 Å². The molecule has 11 heavy (non-hydrogen) atoms. The van der Waals surface area contributed by atoms with E-state index in [0.717, 1.165) is 5.69 Å². The molecule has 0 unspecified atom stereocenters. The van der Waals surface area contributed by atoms with Gasteiger partial charge in [0.2, 0.25) is 0 Å². The third kappa shape index (κ3) is 1.20. The highest BCUT2D eigenvalue weighted by molar-refractivity contribution is 5.11. The SMILES string of the molecule is O=c1cc[nH]c(C2CCC2)c1. The van der Waals surface area contributed by atoms with Crippen LogP contribution in [0, 0.1) is 0 Å². The second-order valence-corrected chi connectivity index (χ2v) is 3.11. The van der Waals surface area contributed by atoms with Crippen LogP contribution in [-0.4, -0.2) is 4.98 Å². The summed E-state index contributed by atoms with van der Waals surface area (Å²) >= 11 is 0. The minimum atomic E-state index is 0.116. The Morgan fingerprint density at radius 1 is 1.45 bits per heavy atom. The van der Waals surface area contributed by atoms with E-state index in [1.54, 1.807) is 18.3 Å². The Morgan fingerprint density at radius 3 is 2.82 bits per heavy atom. The lowest BCUT2D eigenvalue weighted by Gasteiger charge is -2.24. The van der Waals surface area contributed by atoms with Crippen molar-refractivity contribution in [2.24, 2.45) is 0 Å². The van der Waals surface area contributed by atoms with E-state index < -0.39 is 0 Å². The number of H-pyrrole nitrogens is 1. The molecule has 0 aliphatic heterocycles. The second kappa shape index (κ2) is 2.53. The Balaban J connectivity index is 2.30. The zero-order valence-corrected chi connectivity index (χ0v) is 6.34. The van der Waals surface area contributed by atoms with Crippen molar-refractivity contribution in [1.82, 2.24) is 4.98 Å². The summed E-state index contributed by atoms with van der Waals surface area (Å²) in [5, 5.41) is 0. The van der Waals surface area contributed by atoms with Gasteiger partial charge >= 0.3 is 0 Å². The molecule has 0 amide bonds. The Labute approximate surface area is 65.3 Å². The fourth-order valence-corrected chi connectivity index (χ4v) is 1.42. The lowest BCUT2D eigenvalue weighted by Crippen LogP contribution is -2.13. The van der Waals surface area contributed by atoms with Crippen LogP contribution in [0.4, 0.5) is 0 Å². The molecule has 0 atom stereocenters. The van der Waals surface area contributed by atoms with E-state index in [9.17, 15) is 4.79 Å². The van der Waals surface area contributed by atoms with Crippen molar-refractivity contribution in [2.75, 3.05) is 0 Å². The summed E-state index contributed by atoms with van der Waals surface area (Å²) in [5.41, 5.74) is 1.23. The van der Waals surface area contributed by atoms with Crippen molar-refractivity contribution in [2.45, 2.75) is 25.2 Å². The van der Waals surface area contributed by atoms with Gasteiger partial charge in [0.05, 0.1) is 0 Å². The van der Waals surface area contributed by atoms with Gasteiger partial charge in [0.1, 0.15) is 0 Å². The van der Waals surface area contributed by atoms with Gasteiger partial charge in [-0.25, -0.2) is 0 Å². The third-order valence-electron chi connectivity index (χ3n) is 2.34. The van der Waals surface area contributed by atoms with Gasteiger partial charge in [-0.1, -0.05) is 6.42 Å². The van der Waals surface area contributed by atoms with Crippen LogP contribution in [0.2, 0.25) is 0 Å². The van der Waals surface area contributed by atoms with Gasteiger partial charge in [0.15, 0.2) is 5.43 Å². The van der Waals surface area contributed by atoms with Crippen molar-refractivity contribution in [3.8, 4) is 0 Å². The van der Waals surface area contributed by atoms with E-state index >= 15 is 0 Å². The van der Waals surface area contributed by atoms with Crippen LogP contribution in [0.5, 0.6) is 0 Å². The molecule has 2 heteroatoms. The normalized spacial score (nSPS) is 17.8. The van der Waals surface area contributed by atoms with Gasteiger partial charge in [-0.15, -0.1) is 0 Å². The average Bonchev–Trinajstić information content (AvgIpc) is 1.83. The van der Waals surface area contributed by atoms with Gasteiger partial charge in [0.25, 0.3) is 0 Å². The first-order chi connectivity index (χ1) is 5.36. The highest BCUT2D eigenvalue weighted by atomic mass is 16.1. The fraction of sp³-hybridized carbons (Fsp3) is 0.444. The molecule has 1 aliphatic carbocycles. The number of nitrogens with one attached hydrogen (secondary N) is 1. The maximum atomic E-state index is 10.9. The molecule has 0 bridgehead atoms. The number of aromatic nitrogens is 1. The summed E-state index contributed by atoms with van der Waals surface area (Å²) in [6.07, 6.45) is 5.51. The summed E-state index contributed by atoms with van der Waals surface area (Å²) in [5.74, 6) is 0.629. The molecule has 2 rings (SSSR count). The first kappa shape index (κ1) is 6.65. The van der Waals surface area contributed by atoms with E-state index in [2.05, 4.69) is 4.98 Å². The van der Waals surface area contributed by atoms with Gasteiger partial charge in [0, 0.05) is 24.0 Å². The summed E-state index contributed by atoms with van der Waals surface area (Å²) in [6.45, 7) is 0. The van der Waals surface area contributed by atoms with E-state index in [-0.39, 0.29) is 5.43 Å². The topological polar surface area (TPSA) is 32.9 Å². The Hall–Kier alpha value is -1.05. The zero-order chi connectivity index (χ0) is 7.68. The van der Waals surface area contributed by atoms with Gasteiger partial charge in [-0.2, -0.15) is 0 Å². The van der Waals surface area contributed by atoms with Gasteiger partial charge < -0.3 is 4.98 Å². The predicted molar refractivity (Wildman–Crippen MR) is 43.7 cm³/mol. The molecule has 0 spiro atoms. The molecule has 1 aromatic heterocycles. The molecule has 0 aromatic carbocycles. The fourth-order valence-electron chi connectivity index (χ4n) is 1.42. The first-order valence-electron chi connectivity index (χ1n) is 4.05. The molecule has 1 aliphatic rings. The van der Waals surface area contributed by atoms with Crippen molar-refractivity contribution in [3.05, 3.63) is 34.2 Å². The Bertz CT molecular complexity index is 298. The maximum Gasteiger partial charge on any atom is 0.181 e. The molecule has 1 N–H and O–H groups in total. The highest BCUT2D eigenvalue weighted by Gasteiger charge is 2.19. The van der Waals surface area contributed by atoms with Gasteiger partial charge in [-0.05, 0) is 18.8 Å². The molecule has 58 valence electrons. The standard InChI is InChI=1S/C9H11NO/c11-8-4-5-10-9(6-8)7-2-1-3-7/h4-7H,1-3H2,(H,10,11). The molecule has 0 radical (unpaired) electrons. The van der Waals surface area contributed by atoms with Crippen LogP contribution in [0.1, 0.15) is 30.9 Å². The van der Waals surface area contributed by atoms with Crippen LogP contribution < -0.4 is 5.43 Å². The zero-order valence-electron chi connectivity index (χ0n) is 6.34. The Kier molecular flexibility index (Phi) is 1.53. The van der Waals surface area contributed by atoms with Crippen LogP contribution in [-0.2, 0) is 0 Å². The number of aromatic amines is 1. The molecular formula is C9H11NO. The lowest BCUT2D eigenvalue weighted by atomic mass is 9.83. The van der Waals surface area contributed by atoms with Crippen LogP contribution in [0.25, 0.3) is 0 Å². The van der Waals surface area contributed by atoms with Gasteiger partial charge in [-0.3, -0.25) is 4.79 Å². The summed E-state index contributed by atoms with van der Waals surface area (Å²) in [6, 6.07) is 3.27. The largest absolute Gasteiger partial charge is 0.365 e. The average molecular weight is 149 g/mol. The first-order valence-corrected chi connectivity index (χ1v) is 4.05. The molecular weight excluding hydrogens is 138 g/mol. The van der Waals surface area contributed by atoms with Crippen molar-refractivity contribution in [1.29, 1.82) is 0 Å². The lowest BCUT2D eigenvalue weighted by molar-refractivity contribution is 0.411. The minimum absolute atomic E-state index is 0.116.